The Morgan fingerprint density at radius 2 is 2.10 bits per heavy atom. The molecule has 1 heterocycles. The lowest BCUT2D eigenvalue weighted by molar-refractivity contribution is 0.199. The maximum atomic E-state index is 11.2. The van der Waals surface area contributed by atoms with Gasteiger partial charge in [0, 0.05) is 12.6 Å². The molecule has 0 aromatic heterocycles. The molecule has 0 aliphatic carbocycles. The normalized spacial score (nSPS) is 19.4. The fourth-order valence-electron chi connectivity index (χ4n) is 1.01. The summed E-state index contributed by atoms with van der Waals surface area (Å²) in [6.07, 6.45) is 0. The standard InChI is InChI=1S/C6H11IN2O/c1-5(2)8-3-4-9(7)6(8)10/h5H,3-4H2,1-2H3. The van der Waals surface area contributed by atoms with Crippen molar-refractivity contribution in [1.82, 2.24) is 8.01 Å². The second kappa shape index (κ2) is 2.94. The highest BCUT2D eigenvalue weighted by Crippen LogP contribution is 2.15. The van der Waals surface area contributed by atoms with Crippen molar-refractivity contribution in [1.29, 1.82) is 0 Å². The van der Waals surface area contributed by atoms with E-state index in [9.17, 15) is 4.79 Å². The van der Waals surface area contributed by atoms with Gasteiger partial charge in [-0.15, -0.1) is 0 Å². The van der Waals surface area contributed by atoms with E-state index in [0.717, 1.165) is 13.1 Å². The summed E-state index contributed by atoms with van der Waals surface area (Å²) < 4.78 is 1.72. The molecule has 10 heavy (non-hydrogen) atoms. The van der Waals surface area contributed by atoms with Gasteiger partial charge in [0.2, 0.25) is 0 Å². The molecule has 0 radical (unpaired) electrons. The van der Waals surface area contributed by atoms with Crippen molar-refractivity contribution in [3.05, 3.63) is 0 Å². The lowest BCUT2D eigenvalue weighted by Gasteiger charge is -2.18. The van der Waals surface area contributed by atoms with Gasteiger partial charge in [-0.1, -0.05) is 0 Å². The smallest absolute Gasteiger partial charge is 0.320 e. The third-order valence-corrected chi connectivity index (χ3v) is 2.51. The van der Waals surface area contributed by atoms with E-state index in [1.165, 1.54) is 0 Å². The van der Waals surface area contributed by atoms with Crippen molar-refractivity contribution >= 4 is 28.9 Å². The van der Waals surface area contributed by atoms with Gasteiger partial charge in [0.05, 0.1) is 29.4 Å². The van der Waals surface area contributed by atoms with Crippen molar-refractivity contribution in [3.8, 4) is 0 Å². The van der Waals surface area contributed by atoms with Crippen LogP contribution < -0.4 is 0 Å². The first-order valence-electron chi connectivity index (χ1n) is 3.37. The summed E-state index contributed by atoms with van der Waals surface area (Å²) in [6.45, 7) is 5.80. The third kappa shape index (κ3) is 1.36. The van der Waals surface area contributed by atoms with E-state index in [1.54, 1.807) is 3.11 Å². The third-order valence-electron chi connectivity index (χ3n) is 1.61. The second-order valence-corrected chi connectivity index (χ2v) is 3.82. The SMILES string of the molecule is CC(C)N1CCN(I)C1=O. The van der Waals surface area contributed by atoms with Crippen LogP contribution in [0.15, 0.2) is 0 Å². The number of carbonyl (C=O) groups excluding carboxylic acids is 1. The number of nitrogens with zero attached hydrogens (tertiary/aromatic N) is 2. The van der Waals surface area contributed by atoms with Crippen LogP contribution in [0, 0.1) is 0 Å². The minimum atomic E-state index is 0.149. The van der Waals surface area contributed by atoms with Crippen molar-refractivity contribution in [2.75, 3.05) is 13.1 Å². The summed E-state index contributed by atoms with van der Waals surface area (Å²) in [4.78, 5) is 13.1. The Hall–Kier alpha value is -0.0000000000000000555. The summed E-state index contributed by atoms with van der Waals surface area (Å²) in [5, 5.41) is 0. The molecular weight excluding hydrogens is 243 g/mol. The first-order valence-corrected chi connectivity index (χ1v) is 4.33. The molecule has 4 heteroatoms. The molecule has 0 aromatic carbocycles. The maximum absolute atomic E-state index is 11.2. The fraction of sp³-hybridized carbons (Fsp3) is 0.833. The quantitative estimate of drug-likeness (QED) is 0.513. The molecule has 0 aromatic rings. The monoisotopic (exact) mass is 254 g/mol. The van der Waals surface area contributed by atoms with Gasteiger partial charge < -0.3 is 4.90 Å². The molecular formula is C6H11IN2O. The van der Waals surface area contributed by atoms with Crippen LogP contribution in [-0.4, -0.2) is 33.2 Å². The van der Waals surface area contributed by atoms with Crippen molar-refractivity contribution in [2.45, 2.75) is 19.9 Å². The van der Waals surface area contributed by atoms with Crippen LogP contribution >= 0.6 is 22.9 Å². The first-order chi connectivity index (χ1) is 4.63. The highest BCUT2D eigenvalue weighted by molar-refractivity contribution is 14.1. The van der Waals surface area contributed by atoms with E-state index >= 15 is 0 Å². The Kier molecular flexibility index (Phi) is 2.38. The lowest BCUT2D eigenvalue weighted by atomic mass is 10.3. The Morgan fingerprint density at radius 3 is 2.30 bits per heavy atom. The number of hydrogen-bond acceptors (Lipinski definition) is 1. The van der Waals surface area contributed by atoms with Gasteiger partial charge >= 0.3 is 6.03 Å². The molecule has 1 aliphatic heterocycles. The summed E-state index contributed by atoms with van der Waals surface area (Å²) in [5.41, 5.74) is 0. The minimum absolute atomic E-state index is 0.149. The minimum Gasteiger partial charge on any atom is -0.320 e. The summed E-state index contributed by atoms with van der Waals surface area (Å²) in [6, 6.07) is 0.489. The van der Waals surface area contributed by atoms with Crippen molar-refractivity contribution in [3.63, 3.8) is 0 Å². The van der Waals surface area contributed by atoms with E-state index < -0.39 is 0 Å². The van der Waals surface area contributed by atoms with Gasteiger partial charge in [-0.25, -0.2) is 4.79 Å². The van der Waals surface area contributed by atoms with Crippen molar-refractivity contribution in [2.24, 2.45) is 0 Å². The van der Waals surface area contributed by atoms with Crippen molar-refractivity contribution < 1.29 is 4.79 Å². The molecule has 1 saturated heterocycles. The van der Waals surface area contributed by atoms with Crippen LogP contribution in [0.2, 0.25) is 0 Å². The average Bonchev–Trinajstić information content (AvgIpc) is 2.14. The molecule has 1 aliphatic rings. The summed E-state index contributed by atoms with van der Waals surface area (Å²) in [7, 11) is 0. The van der Waals surface area contributed by atoms with Crippen LogP contribution in [0.4, 0.5) is 4.79 Å². The zero-order chi connectivity index (χ0) is 7.72. The van der Waals surface area contributed by atoms with E-state index in [4.69, 9.17) is 0 Å². The summed E-state index contributed by atoms with van der Waals surface area (Å²) >= 11 is 2.05. The number of amides is 2. The maximum Gasteiger partial charge on any atom is 0.329 e. The average molecular weight is 254 g/mol. The number of halogens is 1. The van der Waals surface area contributed by atoms with E-state index in [-0.39, 0.29) is 6.03 Å². The van der Waals surface area contributed by atoms with Gasteiger partial charge in [0.25, 0.3) is 0 Å². The Morgan fingerprint density at radius 1 is 1.50 bits per heavy atom. The van der Waals surface area contributed by atoms with Crippen LogP contribution in [0.5, 0.6) is 0 Å². The molecule has 0 spiro atoms. The molecule has 0 bridgehead atoms. The van der Waals surface area contributed by atoms with Crippen LogP contribution in [0.3, 0.4) is 0 Å². The van der Waals surface area contributed by atoms with Gasteiger partial charge in [-0.2, -0.15) is 0 Å². The molecule has 3 nitrogen and oxygen atoms in total. The van der Waals surface area contributed by atoms with Gasteiger partial charge in [0.1, 0.15) is 0 Å². The zero-order valence-corrected chi connectivity index (χ0v) is 8.33. The topological polar surface area (TPSA) is 23.6 Å². The van der Waals surface area contributed by atoms with Crippen LogP contribution in [-0.2, 0) is 0 Å². The highest BCUT2D eigenvalue weighted by atomic mass is 127. The zero-order valence-electron chi connectivity index (χ0n) is 6.17. The van der Waals surface area contributed by atoms with E-state index in [1.807, 2.05) is 41.6 Å². The summed E-state index contributed by atoms with van der Waals surface area (Å²) in [5.74, 6) is 0. The molecule has 1 rings (SSSR count). The van der Waals surface area contributed by atoms with Gasteiger partial charge in [-0.05, 0) is 13.8 Å². The number of rotatable bonds is 1. The molecule has 0 atom stereocenters. The lowest BCUT2D eigenvalue weighted by Crippen LogP contribution is -2.33. The number of carbonyl (C=O) groups is 1. The van der Waals surface area contributed by atoms with Crippen LogP contribution in [0.1, 0.15) is 13.8 Å². The molecule has 1 fully saturated rings. The molecule has 0 saturated carbocycles. The Labute approximate surface area is 74.9 Å². The van der Waals surface area contributed by atoms with Gasteiger partial charge in [-0.3, -0.25) is 3.11 Å². The van der Waals surface area contributed by atoms with E-state index in [2.05, 4.69) is 0 Å². The van der Waals surface area contributed by atoms with E-state index in [0.29, 0.717) is 6.04 Å². The number of urea groups is 1. The predicted molar refractivity (Wildman–Crippen MR) is 48.0 cm³/mol. The van der Waals surface area contributed by atoms with Crippen LogP contribution in [0.25, 0.3) is 0 Å². The number of hydrogen-bond donors (Lipinski definition) is 0. The first kappa shape index (κ1) is 8.10. The predicted octanol–water partition coefficient (Wildman–Crippen LogP) is 1.48. The molecule has 0 unspecified atom stereocenters. The fourth-order valence-corrected chi connectivity index (χ4v) is 1.50. The largest absolute Gasteiger partial charge is 0.329 e. The Bertz CT molecular complexity index is 149. The Balaban J connectivity index is 2.57. The molecule has 58 valence electrons. The molecule has 2 amide bonds. The second-order valence-electron chi connectivity index (χ2n) is 2.66. The van der Waals surface area contributed by atoms with Gasteiger partial charge in [0.15, 0.2) is 0 Å². The molecule has 0 N–H and O–H groups in total. The highest BCUT2D eigenvalue weighted by Gasteiger charge is 2.27.